The van der Waals surface area contributed by atoms with Gasteiger partial charge < -0.3 is 10.3 Å². The van der Waals surface area contributed by atoms with Gasteiger partial charge in [-0.2, -0.15) is 0 Å². The first-order valence-corrected chi connectivity index (χ1v) is 11.3. The summed E-state index contributed by atoms with van der Waals surface area (Å²) >= 11 is 0. The maximum atomic E-state index is 4.84. The number of aryl methyl sites for hydroxylation is 1. The monoisotopic (exact) mass is 379 g/mol. The molecule has 2 aromatic heterocycles. The van der Waals surface area contributed by atoms with Gasteiger partial charge in [-0.25, -0.2) is 9.97 Å². The Bertz CT molecular complexity index is 775. The van der Waals surface area contributed by atoms with Crippen LogP contribution in [-0.4, -0.2) is 51.6 Å². The van der Waals surface area contributed by atoms with Gasteiger partial charge >= 0.3 is 0 Å². The Morgan fingerprint density at radius 1 is 1.11 bits per heavy atom. The van der Waals surface area contributed by atoms with Crippen molar-refractivity contribution >= 4 is 0 Å². The van der Waals surface area contributed by atoms with Crippen LogP contribution < -0.4 is 5.32 Å². The van der Waals surface area contributed by atoms with Gasteiger partial charge in [-0.3, -0.25) is 4.90 Å². The first-order valence-electron chi connectivity index (χ1n) is 11.3. The average molecular weight is 380 g/mol. The highest BCUT2D eigenvalue weighted by molar-refractivity contribution is 5.50. The summed E-state index contributed by atoms with van der Waals surface area (Å²) in [7, 11) is 0. The van der Waals surface area contributed by atoms with Gasteiger partial charge in [0.15, 0.2) is 5.82 Å². The lowest BCUT2D eigenvalue weighted by Gasteiger charge is -2.23. The molecule has 0 bridgehead atoms. The molecule has 3 aliphatic rings. The largest absolute Gasteiger partial charge is 0.340 e. The Morgan fingerprint density at radius 2 is 2.00 bits per heavy atom. The van der Waals surface area contributed by atoms with Gasteiger partial charge in [0.25, 0.3) is 0 Å². The minimum absolute atomic E-state index is 0.684. The van der Waals surface area contributed by atoms with E-state index in [1.54, 1.807) is 0 Å². The molecule has 0 radical (unpaired) electrons. The number of imidazole rings is 1. The van der Waals surface area contributed by atoms with E-state index in [9.17, 15) is 0 Å². The second kappa shape index (κ2) is 8.34. The third kappa shape index (κ3) is 4.31. The van der Waals surface area contributed by atoms with Crippen LogP contribution in [0, 0.1) is 0 Å². The van der Waals surface area contributed by atoms with E-state index in [1.807, 2.05) is 6.20 Å². The van der Waals surface area contributed by atoms with Crippen molar-refractivity contribution in [3.05, 3.63) is 35.8 Å². The number of nitrogens with zero attached hydrogens (tertiary/aromatic N) is 3. The molecule has 2 aromatic rings. The Labute approximate surface area is 168 Å². The molecule has 3 fully saturated rings. The van der Waals surface area contributed by atoms with E-state index in [0.717, 1.165) is 36.9 Å². The molecule has 2 saturated carbocycles. The molecule has 1 saturated heterocycles. The van der Waals surface area contributed by atoms with Crippen molar-refractivity contribution in [1.82, 2.24) is 25.2 Å². The maximum absolute atomic E-state index is 4.84. The molecule has 0 spiro atoms. The van der Waals surface area contributed by atoms with E-state index in [4.69, 9.17) is 4.98 Å². The van der Waals surface area contributed by atoms with Crippen LogP contribution in [0.3, 0.4) is 0 Å². The van der Waals surface area contributed by atoms with Crippen molar-refractivity contribution in [2.24, 2.45) is 0 Å². The summed E-state index contributed by atoms with van der Waals surface area (Å²) in [6, 6.07) is 7.88. The zero-order chi connectivity index (χ0) is 18.8. The van der Waals surface area contributed by atoms with Crippen molar-refractivity contribution in [2.45, 2.75) is 75.8 Å². The Balaban J connectivity index is 1.07. The standard InChI is InChI=1S/C23H33N5/c1-2-8-20(7-1)28-14-12-19(16-28)24-13-4-6-18-5-3-9-21(26-18)23-25-15-22(27-23)17-10-11-17/h3,5,9,15,17,19-20,24H,1-2,4,6-8,10-14,16H2,(H,25,27). The molecule has 2 N–H and O–H groups in total. The molecular formula is C23H33N5. The molecule has 0 amide bonds. The molecule has 28 heavy (non-hydrogen) atoms. The van der Waals surface area contributed by atoms with Crippen molar-refractivity contribution < 1.29 is 0 Å². The SMILES string of the molecule is c1cc(CCCNC2CCN(C3CCCC3)C2)nc(-c2ncc(C3CC3)[nH]2)c1. The number of H-pyrrole nitrogens is 1. The lowest BCUT2D eigenvalue weighted by atomic mass is 10.2. The third-order valence-corrected chi connectivity index (χ3v) is 6.77. The molecule has 1 atom stereocenters. The number of nitrogens with one attached hydrogen (secondary N) is 2. The summed E-state index contributed by atoms with van der Waals surface area (Å²) in [4.78, 5) is 15.6. The fraction of sp³-hybridized carbons (Fsp3) is 0.652. The number of likely N-dealkylation sites (tertiary alicyclic amines) is 1. The number of aromatic amines is 1. The second-order valence-electron chi connectivity index (χ2n) is 8.95. The molecule has 1 aliphatic heterocycles. The van der Waals surface area contributed by atoms with Crippen molar-refractivity contribution in [3.8, 4) is 11.5 Å². The van der Waals surface area contributed by atoms with Crippen LogP contribution in [0.1, 0.15) is 68.7 Å². The van der Waals surface area contributed by atoms with E-state index in [1.165, 1.54) is 69.4 Å². The molecular weight excluding hydrogens is 346 g/mol. The Kier molecular flexibility index (Phi) is 5.45. The molecule has 3 heterocycles. The quantitative estimate of drug-likeness (QED) is 0.683. The van der Waals surface area contributed by atoms with Crippen LogP contribution in [0.25, 0.3) is 11.5 Å². The molecule has 5 heteroatoms. The van der Waals surface area contributed by atoms with Gasteiger partial charge in [-0.1, -0.05) is 18.9 Å². The van der Waals surface area contributed by atoms with Gasteiger partial charge in [0.1, 0.15) is 5.69 Å². The molecule has 150 valence electrons. The van der Waals surface area contributed by atoms with Gasteiger partial charge in [-0.05, 0) is 63.6 Å². The highest BCUT2D eigenvalue weighted by Crippen LogP contribution is 2.39. The molecule has 5 nitrogen and oxygen atoms in total. The van der Waals surface area contributed by atoms with E-state index in [-0.39, 0.29) is 0 Å². The lowest BCUT2D eigenvalue weighted by Crippen LogP contribution is -2.36. The highest BCUT2D eigenvalue weighted by atomic mass is 15.2. The maximum Gasteiger partial charge on any atom is 0.156 e. The van der Waals surface area contributed by atoms with E-state index < -0.39 is 0 Å². The second-order valence-corrected chi connectivity index (χ2v) is 8.95. The summed E-state index contributed by atoms with van der Waals surface area (Å²) in [5.74, 6) is 1.62. The third-order valence-electron chi connectivity index (χ3n) is 6.77. The van der Waals surface area contributed by atoms with E-state index >= 15 is 0 Å². The van der Waals surface area contributed by atoms with Crippen LogP contribution in [0.15, 0.2) is 24.4 Å². The Morgan fingerprint density at radius 3 is 2.86 bits per heavy atom. The zero-order valence-corrected chi connectivity index (χ0v) is 16.9. The van der Waals surface area contributed by atoms with E-state index in [2.05, 4.69) is 38.4 Å². The predicted octanol–water partition coefficient (Wildman–Crippen LogP) is 3.89. The zero-order valence-electron chi connectivity index (χ0n) is 16.9. The first kappa shape index (κ1) is 18.3. The molecule has 1 unspecified atom stereocenters. The normalized spacial score (nSPS) is 23.6. The highest BCUT2D eigenvalue weighted by Gasteiger charge is 2.29. The Hall–Kier alpha value is -1.72. The lowest BCUT2D eigenvalue weighted by molar-refractivity contribution is 0.240. The number of rotatable bonds is 8. The van der Waals surface area contributed by atoms with Gasteiger partial charge in [0.2, 0.25) is 0 Å². The fourth-order valence-electron chi connectivity index (χ4n) is 4.95. The van der Waals surface area contributed by atoms with Crippen molar-refractivity contribution in [1.29, 1.82) is 0 Å². The minimum atomic E-state index is 0.684. The van der Waals surface area contributed by atoms with Crippen molar-refractivity contribution in [2.75, 3.05) is 19.6 Å². The van der Waals surface area contributed by atoms with E-state index in [0.29, 0.717) is 12.0 Å². The van der Waals surface area contributed by atoms with Crippen LogP contribution in [0.4, 0.5) is 0 Å². The smallest absolute Gasteiger partial charge is 0.156 e. The van der Waals surface area contributed by atoms with Gasteiger partial charge in [0, 0.05) is 48.7 Å². The van der Waals surface area contributed by atoms with Crippen molar-refractivity contribution in [3.63, 3.8) is 0 Å². The number of aromatic nitrogens is 3. The fourth-order valence-corrected chi connectivity index (χ4v) is 4.95. The summed E-state index contributed by atoms with van der Waals surface area (Å²) in [6.45, 7) is 3.62. The van der Waals surface area contributed by atoms with Crippen LogP contribution in [-0.2, 0) is 6.42 Å². The average Bonchev–Trinajstić information content (AvgIpc) is 3.15. The summed E-state index contributed by atoms with van der Waals surface area (Å²) < 4.78 is 0. The van der Waals surface area contributed by atoms with Crippen LogP contribution in [0.5, 0.6) is 0 Å². The van der Waals surface area contributed by atoms with Gasteiger partial charge in [-0.15, -0.1) is 0 Å². The predicted molar refractivity (Wildman–Crippen MR) is 112 cm³/mol. The summed E-state index contributed by atoms with van der Waals surface area (Å²) in [6.07, 6.45) is 13.8. The van der Waals surface area contributed by atoms with Gasteiger partial charge in [0.05, 0.1) is 0 Å². The van der Waals surface area contributed by atoms with Crippen LogP contribution in [0.2, 0.25) is 0 Å². The number of hydrogen-bond acceptors (Lipinski definition) is 4. The topological polar surface area (TPSA) is 56.8 Å². The molecule has 2 aliphatic carbocycles. The first-order chi connectivity index (χ1) is 13.8. The molecule has 0 aromatic carbocycles. The number of hydrogen-bond donors (Lipinski definition) is 2. The van der Waals surface area contributed by atoms with Crippen LogP contribution >= 0.6 is 0 Å². The summed E-state index contributed by atoms with van der Waals surface area (Å²) in [5.41, 5.74) is 3.41. The molecule has 5 rings (SSSR count). The minimum Gasteiger partial charge on any atom is -0.340 e. The number of pyridine rings is 1. The summed E-state index contributed by atoms with van der Waals surface area (Å²) in [5, 5.41) is 3.79.